The summed E-state index contributed by atoms with van der Waals surface area (Å²) in [4.78, 5) is 12.1. The fraction of sp³-hybridized carbons (Fsp3) is 0.976. The molecule has 0 spiro atoms. The van der Waals surface area contributed by atoms with Crippen molar-refractivity contribution in [2.45, 2.75) is 238 Å². The van der Waals surface area contributed by atoms with E-state index in [9.17, 15) is 9.90 Å². The first kappa shape index (κ1) is 44.4. The van der Waals surface area contributed by atoms with E-state index >= 15 is 0 Å². The van der Waals surface area contributed by atoms with Gasteiger partial charge in [-0.3, -0.25) is 4.79 Å². The van der Waals surface area contributed by atoms with Crippen molar-refractivity contribution in [3.63, 3.8) is 0 Å². The number of hydrogen-bond donors (Lipinski definition) is 1. The summed E-state index contributed by atoms with van der Waals surface area (Å²) in [5.41, 5.74) is 0. The molecule has 4 nitrogen and oxygen atoms in total. The van der Waals surface area contributed by atoms with Crippen molar-refractivity contribution in [2.24, 2.45) is 0 Å². The number of rotatable bonds is 39. The van der Waals surface area contributed by atoms with Gasteiger partial charge in [-0.2, -0.15) is 0 Å². The second-order valence-corrected chi connectivity index (χ2v) is 14.1. The smallest absolute Gasteiger partial charge is 0.306 e. The van der Waals surface area contributed by atoms with E-state index in [1.165, 1.54) is 193 Å². The largest absolute Gasteiger partial charge is 0.457 e. The maximum Gasteiger partial charge on any atom is 0.306 e. The Labute approximate surface area is 283 Å². The van der Waals surface area contributed by atoms with Gasteiger partial charge in [-0.15, -0.1) is 0 Å². The topological polar surface area (TPSA) is 55.8 Å². The quantitative estimate of drug-likeness (QED) is 0.0537. The predicted molar refractivity (Wildman–Crippen MR) is 196 cm³/mol. The first-order chi connectivity index (χ1) is 22.2. The molecule has 0 bridgehead atoms. The molecule has 1 atom stereocenters. The Bertz CT molecular complexity index is 552. The van der Waals surface area contributed by atoms with Gasteiger partial charge in [-0.1, -0.05) is 213 Å². The van der Waals surface area contributed by atoms with Crippen molar-refractivity contribution in [3.05, 3.63) is 0 Å². The van der Waals surface area contributed by atoms with Gasteiger partial charge in [-0.05, 0) is 12.8 Å². The minimum Gasteiger partial charge on any atom is -0.457 e. The summed E-state index contributed by atoms with van der Waals surface area (Å²) in [6.45, 7) is 5.37. The lowest BCUT2D eigenvalue weighted by Crippen LogP contribution is -2.27. The van der Waals surface area contributed by atoms with E-state index in [0.29, 0.717) is 19.6 Å². The standard InChI is InChI=1S/C41H82O4/c1-3-5-7-9-11-13-14-15-16-17-18-19-20-21-22-23-24-25-26-27-28-29-30-32-34-36-41(43)45-40(38-42)39-44-37-35-33-31-12-10-8-6-4-2/h40,42H,3-39H2,1-2H3. The van der Waals surface area contributed by atoms with Crippen LogP contribution in [0.4, 0.5) is 0 Å². The van der Waals surface area contributed by atoms with E-state index in [1.807, 2.05) is 0 Å². The van der Waals surface area contributed by atoms with Crippen LogP contribution in [0.5, 0.6) is 0 Å². The molecule has 0 aliphatic rings. The number of aliphatic hydroxyl groups is 1. The molecule has 45 heavy (non-hydrogen) atoms. The third kappa shape index (κ3) is 37.7. The van der Waals surface area contributed by atoms with Crippen molar-refractivity contribution in [3.8, 4) is 0 Å². The summed E-state index contributed by atoms with van der Waals surface area (Å²) < 4.78 is 11.1. The monoisotopic (exact) mass is 639 g/mol. The fourth-order valence-corrected chi connectivity index (χ4v) is 6.33. The molecule has 0 heterocycles. The summed E-state index contributed by atoms with van der Waals surface area (Å²) in [5, 5.41) is 9.53. The number of aliphatic hydroxyl groups excluding tert-OH is 1. The van der Waals surface area contributed by atoms with E-state index in [1.54, 1.807) is 0 Å². The molecular formula is C41H82O4. The van der Waals surface area contributed by atoms with Crippen LogP contribution < -0.4 is 0 Å². The lowest BCUT2D eigenvalue weighted by molar-refractivity contribution is -0.154. The van der Waals surface area contributed by atoms with Crippen LogP contribution in [0, 0.1) is 0 Å². The lowest BCUT2D eigenvalue weighted by Gasteiger charge is -2.16. The van der Waals surface area contributed by atoms with Gasteiger partial charge < -0.3 is 14.6 Å². The molecule has 0 saturated carbocycles. The van der Waals surface area contributed by atoms with E-state index in [-0.39, 0.29) is 12.6 Å². The molecule has 0 aromatic rings. The van der Waals surface area contributed by atoms with Crippen LogP contribution in [0.1, 0.15) is 232 Å². The van der Waals surface area contributed by atoms with Gasteiger partial charge in [0, 0.05) is 13.0 Å². The summed E-state index contributed by atoms with van der Waals surface area (Å²) in [7, 11) is 0. The highest BCUT2D eigenvalue weighted by atomic mass is 16.6. The maximum absolute atomic E-state index is 12.1. The van der Waals surface area contributed by atoms with Crippen LogP contribution in [0.2, 0.25) is 0 Å². The third-order valence-electron chi connectivity index (χ3n) is 9.43. The van der Waals surface area contributed by atoms with Gasteiger partial charge in [0.25, 0.3) is 0 Å². The van der Waals surface area contributed by atoms with Gasteiger partial charge in [0.15, 0.2) is 0 Å². The average Bonchev–Trinajstić information content (AvgIpc) is 3.05. The van der Waals surface area contributed by atoms with Gasteiger partial charge in [-0.25, -0.2) is 0 Å². The summed E-state index contributed by atoms with van der Waals surface area (Å²) in [6, 6.07) is 0. The first-order valence-corrected chi connectivity index (χ1v) is 20.6. The van der Waals surface area contributed by atoms with Gasteiger partial charge in [0.1, 0.15) is 6.10 Å². The Morgan fingerprint density at radius 1 is 0.444 bits per heavy atom. The van der Waals surface area contributed by atoms with Gasteiger partial charge >= 0.3 is 5.97 Å². The predicted octanol–water partition coefficient (Wildman–Crippen LogP) is 13.2. The van der Waals surface area contributed by atoms with Crippen molar-refractivity contribution in [2.75, 3.05) is 19.8 Å². The average molecular weight is 639 g/mol. The van der Waals surface area contributed by atoms with E-state index in [4.69, 9.17) is 9.47 Å². The van der Waals surface area contributed by atoms with Crippen molar-refractivity contribution >= 4 is 5.97 Å². The Morgan fingerprint density at radius 2 is 0.733 bits per heavy atom. The zero-order valence-corrected chi connectivity index (χ0v) is 30.9. The maximum atomic E-state index is 12.1. The highest BCUT2D eigenvalue weighted by molar-refractivity contribution is 5.69. The highest BCUT2D eigenvalue weighted by Crippen LogP contribution is 2.16. The normalized spacial score (nSPS) is 12.2. The first-order valence-electron chi connectivity index (χ1n) is 20.6. The molecule has 1 unspecified atom stereocenters. The lowest BCUT2D eigenvalue weighted by atomic mass is 10.0. The molecule has 0 rings (SSSR count). The molecule has 0 aromatic carbocycles. The van der Waals surface area contributed by atoms with Crippen LogP contribution in [-0.4, -0.2) is 37.0 Å². The van der Waals surface area contributed by atoms with Crippen molar-refractivity contribution in [1.82, 2.24) is 0 Å². The van der Waals surface area contributed by atoms with Gasteiger partial charge in [0.05, 0.1) is 13.2 Å². The SMILES string of the molecule is CCCCCCCCCCCCCCCCCCCCCCCCCCCC(=O)OC(CO)COCCCCCCCCCC. The summed E-state index contributed by atoms with van der Waals surface area (Å²) >= 11 is 0. The zero-order valence-electron chi connectivity index (χ0n) is 30.9. The number of carbonyl (C=O) groups excluding carboxylic acids is 1. The number of carbonyl (C=O) groups is 1. The molecule has 0 radical (unpaired) electrons. The Hall–Kier alpha value is -0.610. The van der Waals surface area contributed by atoms with Crippen molar-refractivity contribution in [1.29, 1.82) is 0 Å². The molecule has 0 aliphatic heterocycles. The third-order valence-corrected chi connectivity index (χ3v) is 9.43. The minimum absolute atomic E-state index is 0.164. The summed E-state index contributed by atoms with van der Waals surface area (Å²) in [5.74, 6) is -0.196. The number of ether oxygens (including phenoxy) is 2. The number of esters is 1. The van der Waals surface area contributed by atoms with Crippen LogP contribution in [-0.2, 0) is 14.3 Å². The van der Waals surface area contributed by atoms with E-state index in [2.05, 4.69) is 13.8 Å². The molecule has 4 heteroatoms. The van der Waals surface area contributed by atoms with Crippen LogP contribution in [0.3, 0.4) is 0 Å². The number of hydrogen-bond acceptors (Lipinski definition) is 4. The highest BCUT2D eigenvalue weighted by Gasteiger charge is 2.13. The molecule has 0 aromatic heterocycles. The second kappa shape index (κ2) is 39.6. The Balaban J connectivity index is 3.29. The van der Waals surface area contributed by atoms with Crippen LogP contribution in [0.15, 0.2) is 0 Å². The Morgan fingerprint density at radius 3 is 1.04 bits per heavy atom. The summed E-state index contributed by atoms with van der Waals surface area (Å²) in [6.07, 6.45) is 44.6. The molecule has 0 amide bonds. The minimum atomic E-state index is -0.522. The van der Waals surface area contributed by atoms with Gasteiger partial charge in [0.2, 0.25) is 0 Å². The number of unbranched alkanes of at least 4 members (excludes halogenated alkanes) is 31. The van der Waals surface area contributed by atoms with Crippen molar-refractivity contribution < 1.29 is 19.4 Å². The fourth-order valence-electron chi connectivity index (χ4n) is 6.33. The molecule has 0 aliphatic carbocycles. The molecule has 1 N–H and O–H groups in total. The zero-order chi connectivity index (χ0) is 32.7. The molecule has 0 saturated heterocycles. The van der Waals surface area contributed by atoms with Crippen LogP contribution >= 0.6 is 0 Å². The molecule has 270 valence electrons. The second-order valence-electron chi connectivity index (χ2n) is 14.1. The Kier molecular flexibility index (Phi) is 39.0. The van der Waals surface area contributed by atoms with E-state index < -0.39 is 6.10 Å². The molecule has 0 fully saturated rings. The molecular weight excluding hydrogens is 556 g/mol. The van der Waals surface area contributed by atoms with Crippen LogP contribution in [0.25, 0.3) is 0 Å². The van der Waals surface area contributed by atoms with E-state index in [0.717, 1.165) is 19.3 Å².